The molecule has 5 rings (SSSR count). The van der Waals surface area contributed by atoms with E-state index in [-0.39, 0.29) is 6.10 Å². The van der Waals surface area contributed by atoms with E-state index in [1.165, 1.54) is 32.5 Å². The highest BCUT2D eigenvalue weighted by atomic mass is 35.5. The van der Waals surface area contributed by atoms with E-state index < -0.39 is 0 Å². The molecule has 1 aliphatic heterocycles. The van der Waals surface area contributed by atoms with Gasteiger partial charge in [0.1, 0.15) is 6.10 Å². The Hall–Kier alpha value is -2.28. The van der Waals surface area contributed by atoms with Crippen molar-refractivity contribution in [3.63, 3.8) is 0 Å². The average molecular weight is 486 g/mol. The number of halogens is 2. The molecule has 1 saturated carbocycles. The molecule has 1 unspecified atom stereocenters. The minimum Gasteiger partial charge on any atom is -0.482 e. The van der Waals surface area contributed by atoms with Crippen LogP contribution in [0.25, 0.3) is 11.1 Å². The van der Waals surface area contributed by atoms with Crippen molar-refractivity contribution >= 4 is 29.0 Å². The fourth-order valence-corrected chi connectivity index (χ4v) is 5.17. The van der Waals surface area contributed by atoms with Crippen LogP contribution in [0.2, 0.25) is 10.0 Å². The second kappa shape index (κ2) is 9.16. The standard InChI is InChI=1S/C25H29Cl2N5O/c1-15-3-6-21(26)23(24(15)27)16(2)33-22-7-19(8-29-25(22)28)20-9-30-32(14-20)13-18-11-31(12-18)10-17-4-5-17/h3,6-9,14,16-18H,4-5,10-13H2,1-2H3,(H2,28,29). The lowest BCUT2D eigenvalue weighted by atomic mass is 10.00. The molecule has 0 bridgehead atoms. The van der Waals surface area contributed by atoms with E-state index in [0.717, 1.165) is 34.7 Å². The monoisotopic (exact) mass is 485 g/mol. The van der Waals surface area contributed by atoms with Crippen molar-refractivity contribution in [2.24, 2.45) is 11.8 Å². The van der Waals surface area contributed by atoms with E-state index in [2.05, 4.69) is 21.2 Å². The number of benzene rings is 1. The highest BCUT2D eigenvalue weighted by molar-refractivity contribution is 6.36. The highest BCUT2D eigenvalue weighted by Gasteiger charge is 2.32. The van der Waals surface area contributed by atoms with Gasteiger partial charge in [-0.3, -0.25) is 4.68 Å². The van der Waals surface area contributed by atoms with E-state index in [0.29, 0.717) is 27.5 Å². The largest absolute Gasteiger partial charge is 0.482 e. The molecule has 1 aliphatic carbocycles. The first-order valence-corrected chi connectivity index (χ1v) is 12.2. The third kappa shape index (κ3) is 4.98. The Morgan fingerprint density at radius 2 is 1.91 bits per heavy atom. The molecule has 6 nitrogen and oxygen atoms in total. The zero-order valence-corrected chi connectivity index (χ0v) is 20.5. The van der Waals surface area contributed by atoms with Crippen molar-refractivity contribution in [3.8, 4) is 16.9 Å². The molecule has 0 amide bonds. The summed E-state index contributed by atoms with van der Waals surface area (Å²) < 4.78 is 8.20. The topological polar surface area (TPSA) is 69.2 Å². The first-order chi connectivity index (χ1) is 15.9. The molecular formula is C25H29Cl2N5O. The van der Waals surface area contributed by atoms with Crippen LogP contribution in [0.5, 0.6) is 5.75 Å². The van der Waals surface area contributed by atoms with Crippen LogP contribution in [0.15, 0.2) is 36.8 Å². The summed E-state index contributed by atoms with van der Waals surface area (Å²) in [5.41, 5.74) is 9.70. The molecule has 8 heteroatoms. The fraction of sp³-hybridized carbons (Fsp3) is 0.440. The van der Waals surface area contributed by atoms with E-state index in [1.54, 1.807) is 6.20 Å². The van der Waals surface area contributed by atoms with Gasteiger partial charge in [0, 0.05) is 66.2 Å². The van der Waals surface area contributed by atoms with Crippen LogP contribution in [0.4, 0.5) is 5.82 Å². The molecule has 2 aliphatic rings. The zero-order valence-electron chi connectivity index (χ0n) is 19.0. The molecule has 1 atom stereocenters. The normalized spacial score (nSPS) is 17.7. The van der Waals surface area contributed by atoms with Gasteiger partial charge in [-0.05, 0) is 50.3 Å². The van der Waals surface area contributed by atoms with Gasteiger partial charge >= 0.3 is 0 Å². The summed E-state index contributed by atoms with van der Waals surface area (Å²) in [6.45, 7) is 8.41. The maximum absolute atomic E-state index is 6.50. The Labute approximate surface area is 204 Å². The number of aromatic nitrogens is 3. The van der Waals surface area contributed by atoms with Crippen LogP contribution in [0.1, 0.15) is 37.0 Å². The van der Waals surface area contributed by atoms with Gasteiger partial charge in [0.05, 0.1) is 11.2 Å². The molecule has 174 valence electrons. The first-order valence-electron chi connectivity index (χ1n) is 11.5. The summed E-state index contributed by atoms with van der Waals surface area (Å²) >= 11 is 12.9. The number of anilines is 1. The van der Waals surface area contributed by atoms with Crippen LogP contribution in [-0.4, -0.2) is 39.3 Å². The lowest BCUT2D eigenvalue weighted by Gasteiger charge is -2.39. The number of nitrogens with two attached hydrogens (primary N) is 1. The number of ether oxygens (including phenoxy) is 1. The van der Waals surface area contributed by atoms with Crippen molar-refractivity contribution in [2.45, 2.75) is 39.3 Å². The van der Waals surface area contributed by atoms with Gasteiger partial charge in [0.2, 0.25) is 0 Å². The predicted molar refractivity (Wildman–Crippen MR) is 133 cm³/mol. The Morgan fingerprint density at radius 3 is 2.67 bits per heavy atom. The quantitative estimate of drug-likeness (QED) is 0.447. The van der Waals surface area contributed by atoms with E-state index in [9.17, 15) is 0 Å². The van der Waals surface area contributed by atoms with Crippen LogP contribution < -0.4 is 10.5 Å². The smallest absolute Gasteiger partial charge is 0.166 e. The van der Waals surface area contributed by atoms with Gasteiger partial charge in [0.15, 0.2) is 11.6 Å². The summed E-state index contributed by atoms with van der Waals surface area (Å²) in [7, 11) is 0. The van der Waals surface area contributed by atoms with E-state index in [4.69, 9.17) is 33.7 Å². The predicted octanol–water partition coefficient (Wildman–Crippen LogP) is 5.62. The van der Waals surface area contributed by atoms with E-state index in [1.807, 2.05) is 42.9 Å². The molecule has 2 aromatic heterocycles. The number of hydrogen-bond acceptors (Lipinski definition) is 5. The number of rotatable bonds is 8. The molecule has 1 aromatic carbocycles. The third-order valence-corrected chi connectivity index (χ3v) is 7.40. The summed E-state index contributed by atoms with van der Waals surface area (Å²) in [5, 5.41) is 5.74. The minimum atomic E-state index is -0.385. The van der Waals surface area contributed by atoms with E-state index >= 15 is 0 Å². The second-order valence-electron chi connectivity index (χ2n) is 9.44. The van der Waals surface area contributed by atoms with Crippen molar-refractivity contribution in [3.05, 3.63) is 58.0 Å². The van der Waals surface area contributed by atoms with Crippen molar-refractivity contribution in [2.75, 3.05) is 25.4 Å². The van der Waals surface area contributed by atoms with Crippen LogP contribution >= 0.6 is 23.2 Å². The maximum atomic E-state index is 6.50. The lowest BCUT2D eigenvalue weighted by molar-refractivity contribution is 0.0805. The van der Waals surface area contributed by atoms with Crippen LogP contribution in [-0.2, 0) is 6.54 Å². The number of hydrogen-bond donors (Lipinski definition) is 1. The lowest BCUT2D eigenvalue weighted by Crippen LogP contribution is -2.49. The zero-order chi connectivity index (χ0) is 23.1. The molecular weight excluding hydrogens is 457 g/mol. The second-order valence-corrected chi connectivity index (χ2v) is 10.2. The van der Waals surface area contributed by atoms with Crippen LogP contribution in [0.3, 0.4) is 0 Å². The Balaban J connectivity index is 1.27. The van der Waals surface area contributed by atoms with Crippen molar-refractivity contribution in [1.82, 2.24) is 19.7 Å². The van der Waals surface area contributed by atoms with Crippen LogP contribution in [0, 0.1) is 18.8 Å². The first kappa shape index (κ1) is 22.5. The Bertz CT molecular complexity index is 1150. The number of pyridine rings is 1. The molecule has 3 heterocycles. The van der Waals surface area contributed by atoms with Crippen molar-refractivity contribution < 1.29 is 4.74 Å². The Kier molecular flexibility index (Phi) is 6.25. The third-order valence-electron chi connectivity index (χ3n) is 6.57. The summed E-state index contributed by atoms with van der Waals surface area (Å²) in [4.78, 5) is 6.91. The Morgan fingerprint density at radius 1 is 1.12 bits per heavy atom. The number of nitrogens with zero attached hydrogens (tertiary/aromatic N) is 4. The molecule has 2 N–H and O–H groups in total. The summed E-state index contributed by atoms with van der Waals surface area (Å²) in [5.74, 6) is 2.45. The molecule has 0 spiro atoms. The number of likely N-dealkylation sites (tertiary alicyclic amines) is 1. The van der Waals surface area contributed by atoms with Gasteiger partial charge in [-0.25, -0.2) is 4.98 Å². The molecule has 3 aromatic rings. The average Bonchev–Trinajstić information content (AvgIpc) is 3.46. The minimum absolute atomic E-state index is 0.322. The van der Waals surface area contributed by atoms with Gasteiger partial charge in [-0.2, -0.15) is 5.10 Å². The fourth-order valence-electron chi connectivity index (χ4n) is 4.49. The molecule has 33 heavy (non-hydrogen) atoms. The molecule has 2 fully saturated rings. The van der Waals surface area contributed by atoms with Gasteiger partial charge < -0.3 is 15.4 Å². The maximum Gasteiger partial charge on any atom is 0.166 e. The van der Waals surface area contributed by atoms with Crippen molar-refractivity contribution in [1.29, 1.82) is 0 Å². The van der Waals surface area contributed by atoms with Gasteiger partial charge in [-0.15, -0.1) is 0 Å². The summed E-state index contributed by atoms with van der Waals surface area (Å²) in [6.07, 6.45) is 8.13. The highest BCUT2D eigenvalue weighted by Crippen LogP contribution is 2.37. The SMILES string of the molecule is Cc1ccc(Cl)c(C(C)Oc2cc(-c3cnn(CC4CN(CC5CC5)C4)c3)cnc2N)c1Cl. The number of nitrogen functional groups attached to an aromatic ring is 1. The van der Waals surface area contributed by atoms with Gasteiger partial charge in [0.25, 0.3) is 0 Å². The number of aryl methyl sites for hydroxylation is 1. The molecule has 1 saturated heterocycles. The molecule has 0 radical (unpaired) electrons. The summed E-state index contributed by atoms with van der Waals surface area (Å²) in [6, 6.07) is 5.62. The van der Waals surface area contributed by atoms with Gasteiger partial charge in [-0.1, -0.05) is 29.3 Å².